The molecule has 1 aromatic heterocycles. The van der Waals surface area contributed by atoms with E-state index in [1.165, 1.54) is 0 Å². The third-order valence-electron chi connectivity index (χ3n) is 2.11. The fourth-order valence-electron chi connectivity index (χ4n) is 1.45. The van der Waals surface area contributed by atoms with E-state index in [1.807, 2.05) is 6.07 Å². The summed E-state index contributed by atoms with van der Waals surface area (Å²) in [5.74, 6) is 0. The highest BCUT2D eigenvalue weighted by Crippen LogP contribution is 2.15. The number of nitrogens with zero attached hydrogens (tertiary/aromatic N) is 1. The lowest BCUT2D eigenvalue weighted by atomic mass is 10.1. The van der Waals surface area contributed by atoms with E-state index in [1.54, 1.807) is 27.5 Å². The van der Waals surface area contributed by atoms with Crippen LogP contribution >= 0.6 is 0 Å². The molecule has 0 saturated carbocycles. The highest BCUT2D eigenvalue weighted by atomic mass is 16.5. The second kappa shape index (κ2) is 6.50. The Morgan fingerprint density at radius 3 is 2.27 bits per heavy atom. The van der Waals surface area contributed by atoms with E-state index in [9.17, 15) is 0 Å². The van der Waals surface area contributed by atoms with E-state index in [2.05, 4.69) is 4.98 Å². The molecule has 0 bridgehead atoms. The van der Waals surface area contributed by atoms with Gasteiger partial charge in [0.05, 0.1) is 25.5 Å². The van der Waals surface area contributed by atoms with Crippen LogP contribution in [0.2, 0.25) is 0 Å². The summed E-state index contributed by atoms with van der Waals surface area (Å²) in [7, 11) is 4.99. The van der Waals surface area contributed by atoms with Crippen molar-refractivity contribution in [2.24, 2.45) is 0 Å². The molecule has 0 aromatic carbocycles. The Morgan fingerprint density at radius 1 is 1.00 bits per heavy atom. The lowest BCUT2D eigenvalue weighted by molar-refractivity contribution is 0.156. The molecular formula is C11H17NO3. The number of aromatic nitrogens is 1. The van der Waals surface area contributed by atoms with Crippen molar-refractivity contribution in [3.8, 4) is 0 Å². The van der Waals surface area contributed by atoms with Crippen LogP contribution in [0, 0.1) is 0 Å². The normalized spacial score (nSPS) is 10.6. The van der Waals surface area contributed by atoms with Gasteiger partial charge >= 0.3 is 0 Å². The SMILES string of the molecule is COCc1ccnc(COC)c1COC. The van der Waals surface area contributed by atoms with Crippen LogP contribution in [-0.2, 0) is 34.0 Å². The average Bonchev–Trinajstić information content (AvgIpc) is 2.23. The van der Waals surface area contributed by atoms with Crippen molar-refractivity contribution < 1.29 is 14.2 Å². The van der Waals surface area contributed by atoms with Crippen LogP contribution in [0.15, 0.2) is 12.3 Å². The maximum Gasteiger partial charge on any atom is 0.0887 e. The molecule has 0 amide bonds. The fraction of sp³-hybridized carbons (Fsp3) is 0.545. The molecule has 0 radical (unpaired) electrons. The lowest BCUT2D eigenvalue weighted by Gasteiger charge is -2.12. The van der Waals surface area contributed by atoms with E-state index < -0.39 is 0 Å². The Kier molecular flexibility index (Phi) is 5.25. The monoisotopic (exact) mass is 211 g/mol. The van der Waals surface area contributed by atoms with E-state index >= 15 is 0 Å². The van der Waals surface area contributed by atoms with Crippen molar-refractivity contribution in [2.45, 2.75) is 19.8 Å². The first kappa shape index (κ1) is 12.1. The van der Waals surface area contributed by atoms with Gasteiger partial charge in [0.25, 0.3) is 0 Å². The van der Waals surface area contributed by atoms with Gasteiger partial charge < -0.3 is 14.2 Å². The van der Waals surface area contributed by atoms with Crippen molar-refractivity contribution in [1.82, 2.24) is 4.98 Å². The molecule has 0 aliphatic rings. The average molecular weight is 211 g/mol. The third-order valence-corrected chi connectivity index (χ3v) is 2.11. The Hall–Kier alpha value is -0.970. The molecule has 1 heterocycles. The number of ether oxygens (including phenoxy) is 3. The van der Waals surface area contributed by atoms with E-state index in [4.69, 9.17) is 14.2 Å². The van der Waals surface area contributed by atoms with Crippen LogP contribution in [0.25, 0.3) is 0 Å². The molecule has 1 aromatic rings. The van der Waals surface area contributed by atoms with Crippen molar-refractivity contribution in [1.29, 1.82) is 0 Å². The van der Waals surface area contributed by atoms with Gasteiger partial charge in [-0.3, -0.25) is 4.98 Å². The van der Waals surface area contributed by atoms with E-state index in [0.29, 0.717) is 19.8 Å². The fourth-order valence-corrected chi connectivity index (χ4v) is 1.45. The van der Waals surface area contributed by atoms with Crippen molar-refractivity contribution in [3.05, 3.63) is 29.1 Å². The third kappa shape index (κ3) is 3.27. The molecule has 0 aliphatic carbocycles. The Morgan fingerprint density at radius 2 is 1.67 bits per heavy atom. The summed E-state index contributed by atoms with van der Waals surface area (Å²) in [6.45, 7) is 1.60. The summed E-state index contributed by atoms with van der Waals surface area (Å²) in [5, 5.41) is 0. The van der Waals surface area contributed by atoms with Crippen LogP contribution in [0.5, 0.6) is 0 Å². The Balaban J connectivity index is 2.97. The molecule has 0 fully saturated rings. The predicted molar refractivity (Wildman–Crippen MR) is 56.4 cm³/mol. The number of pyridine rings is 1. The molecule has 1 rings (SSSR count). The topological polar surface area (TPSA) is 40.6 Å². The minimum absolute atomic E-state index is 0.496. The van der Waals surface area contributed by atoms with Crippen LogP contribution in [0.4, 0.5) is 0 Å². The predicted octanol–water partition coefficient (Wildman–Crippen LogP) is 1.52. The molecule has 0 aliphatic heterocycles. The van der Waals surface area contributed by atoms with Gasteiger partial charge in [0.2, 0.25) is 0 Å². The van der Waals surface area contributed by atoms with Crippen molar-refractivity contribution >= 4 is 0 Å². The zero-order valence-electron chi connectivity index (χ0n) is 9.45. The first-order valence-electron chi connectivity index (χ1n) is 4.76. The number of rotatable bonds is 6. The highest BCUT2D eigenvalue weighted by Gasteiger charge is 2.09. The maximum absolute atomic E-state index is 5.15. The molecule has 84 valence electrons. The van der Waals surface area contributed by atoms with Crippen LogP contribution in [-0.4, -0.2) is 26.3 Å². The van der Waals surface area contributed by atoms with Gasteiger partial charge in [-0.2, -0.15) is 0 Å². The second-order valence-electron chi connectivity index (χ2n) is 3.19. The minimum atomic E-state index is 0.496. The summed E-state index contributed by atoms with van der Waals surface area (Å²) in [6, 6.07) is 1.94. The highest BCUT2D eigenvalue weighted by molar-refractivity contribution is 5.28. The maximum atomic E-state index is 5.15. The number of hydrogen-bond acceptors (Lipinski definition) is 4. The molecule has 4 nitrogen and oxygen atoms in total. The molecule has 15 heavy (non-hydrogen) atoms. The lowest BCUT2D eigenvalue weighted by Crippen LogP contribution is -2.06. The summed E-state index contributed by atoms with van der Waals surface area (Å²) < 4.78 is 15.4. The standard InChI is InChI=1S/C11H17NO3/c1-13-6-9-4-5-12-11(8-15-3)10(9)7-14-2/h4-5H,6-8H2,1-3H3. The summed E-state index contributed by atoms with van der Waals surface area (Å²) >= 11 is 0. The van der Waals surface area contributed by atoms with Crippen LogP contribution in [0.3, 0.4) is 0 Å². The van der Waals surface area contributed by atoms with Gasteiger partial charge in [0.15, 0.2) is 0 Å². The first-order chi connectivity index (χ1) is 7.33. The van der Waals surface area contributed by atoms with Gasteiger partial charge in [-0.15, -0.1) is 0 Å². The van der Waals surface area contributed by atoms with Crippen molar-refractivity contribution in [3.63, 3.8) is 0 Å². The quantitative estimate of drug-likeness (QED) is 0.715. The minimum Gasteiger partial charge on any atom is -0.380 e. The Bertz CT molecular complexity index is 278. The van der Waals surface area contributed by atoms with E-state index in [0.717, 1.165) is 16.8 Å². The number of hydrogen-bond donors (Lipinski definition) is 0. The van der Waals surface area contributed by atoms with Gasteiger partial charge in [-0.05, 0) is 11.6 Å². The zero-order chi connectivity index (χ0) is 11.1. The second-order valence-corrected chi connectivity index (χ2v) is 3.19. The van der Waals surface area contributed by atoms with Gasteiger partial charge in [-0.25, -0.2) is 0 Å². The number of methoxy groups -OCH3 is 3. The van der Waals surface area contributed by atoms with Crippen molar-refractivity contribution in [2.75, 3.05) is 21.3 Å². The molecule has 0 unspecified atom stereocenters. The Labute approximate surface area is 90.2 Å². The summed E-state index contributed by atoms with van der Waals surface area (Å²) in [6.07, 6.45) is 1.77. The summed E-state index contributed by atoms with van der Waals surface area (Å²) in [5.41, 5.74) is 3.07. The molecular weight excluding hydrogens is 194 g/mol. The van der Waals surface area contributed by atoms with Gasteiger partial charge in [0, 0.05) is 33.1 Å². The molecule has 0 atom stereocenters. The van der Waals surface area contributed by atoms with Gasteiger partial charge in [0.1, 0.15) is 0 Å². The molecule has 0 spiro atoms. The summed E-state index contributed by atoms with van der Waals surface area (Å²) in [4.78, 5) is 4.27. The van der Waals surface area contributed by atoms with Crippen LogP contribution < -0.4 is 0 Å². The van der Waals surface area contributed by atoms with E-state index in [-0.39, 0.29) is 0 Å². The smallest absolute Gasteiger partial charge is 0.0887 e. The largest absolute Gasteiger partial charge is 0.380 e. The molecule has 0 N–H and O–H groups in total. The molecule has 4 heteroatoms. The molecule has 0 saturated heterocycles. The van der Waals surface area contributed by atoms with Gasteiger partial charge in [-0.1, -0.05) is 0 Å². The first-order valence-corrected chi connectivity index (χ1v) is 4.76. The van der Waals surface area contributed by atoms with Crippen LogP contribution in [0.1, 0.15) is 16.8 Å². The zero-order valence-corrected chi connectivity index (χ0v) is 9.45.